The van der Waals surface area contributed by atoms with Crippen molar-refractivity contribution in [2.24, 2.45) is 0 Å². The van der Waals surface area contributed by atoms with Gasteiger partial charge in [-0.3, -0.25) is 0 Å². The highest BCUT2D eigenvalue weighted by molar-refractivity contribution is 7.03. The van der Waals surface area contributed by atoms with E-state index in [1.165, 1.54) is 123 Å². The Balaban J connectivity index is 0.961. The standard InChI is InChI=1S/C89H81B2N7O/c1-52-42-68-75-69(43-52)98-74-49-57(87(5,6)7)47-63(89(11,12)13)79(74)93(15)77-61(54-32-22-17-23-33-54)40-41-64(81(77)98)90(75)84-82-83-85(99-84)91-65-44-55(53-30-20-16-21-31-53)45-72-80(65)97(73-48-56(86(2,3)4)46-62(88(8,9)10)78(73)92(72)14)71-51-60(94(58-34-24-18-25-35-58)59-36-26-19-27-37-59)50-70(76(71)91)96(83)67-39-29-28-38-66(67)95(68)82/h16-51H,1-15H3. The zero-order chi connectivity index (χ0) is 68.0. The normalized spacial score (nSPS) is 14.7. The average molecular weight is 1290 g/mol. The van der Waals surface area contributed by atoms with Crippen LogP contribution in [0.4, 0.5) is 108 Å². The van der Waals surface area contributed by atoms with Crippen LogP contribution in [0.1, 0.15) is 111 Å². The van der Waals surface area contributed by atoms with Crippen LogP contribution in [-0.2, 0) is 21.7 Å². The Bertz CT molecular complexity index is 5420. The number of benzene rings is 11. The molecular formula is C89H81B2N7O. The smallest absolute Gasteiger partial charge is 0.297 e. The predicted octanol–water partition coefficient (Wildman–Crippen LogP) is 20.2. The number of hydrogen-bond acceptors (Lipinski definition) is 8. The average Bonchev–Trinajstić information content (AvgIpc) is 1.62. The van der Waals surface area contributed by atoms with E-state index in [-0.39, 0.29) is 35.1 Å². The lowest BCUT2D eigenvalue weighted by atomic mass is 9.34. The van der Waals surface area contributed by atoms with Crippen molar-refractivity contribution >= 4 is 155 Å². The first-order chi connectivity index (χ1) is 47.4. The molecule has 7 aliphatic rings. The maximum atomic E-state index is 8.50. The third-order valence-corrected chi connectivity index (χ3v) is 22.4. The molecule has 11 aromatic carbocycles. The van der Waals surface area contributed by atoms with E-state index in [0.717, 1.165) is 68.2 Å². The molecule has 0 radical (unpaired) electrons. The van der Waals surface area contributed by atoms with E-state index < -0.39 is 0 Å². The summed E-state index contributed by atoms with van der Waals surface area (Å²) in [5, 5.41) is 0. The van der Waals surface area contributed by atoms with Crippen molar-refractivity contribution in [1.82, 2.24) is 0 Å². The highest BCUT2D eigenvalue weighted by atomic mass is 16.3. The number of aryl methyl sites for hydroxylation is 1. The van der Waals surface area contributed by atoms with Crippen molar-refractivity contribution < 1.29 is 4.42 Å². The Kier molecular flexibility index (Phi) is 12.2. The van der Waals surface area contributed by atoms with Crippen LogP contribution in [-0.4, -0.2) is 27.5 Å². The van der Waals surface area contributed by atoms with Crippen molar-refractivity contribution in [3.8, 4) is 22.3 Å². The van der Waals surface area contributed by atoms with Crippen LogP contribution in [0.25, 0.3) is 22.3 Å². The largest absolute Gasteiger partial charge is 0.480 e. The number of furan rings is 1. The van der Waals surface area contributed by atoms with Crippen LogP contribution < -0.4 is 67.5 Å². The summed E-state index contributed by atoms with van der Waals surface area (Å²) in [6.45, 7) is 30.2. The lowest BCUT2D eigenvalue weighted by molar-refractivity contribution is 0.568. The fraction of sp³-hybridized carbons (Fsp3) is 0.213. The quantitative estimate of drug-likeness (QED) is 0.158. The Morgan fingerprint density at radius 2 is 0.747 bits per heavy atom. The van der Waals surface area contributed by atoms with Gasteiger partial charge in [0.1, 0.15) is 11.4 Å². The molecule has 0 N–H and O–H groups in total. The number of fused-ring (bicyclic) bond motifs is 15. The minimum Gasteiger partial charge on any atom is -0.480 e. The number of rotatable bonds is 5. The van der Waals surface area contributed by atoms with Gasteiger partial charge in [-0.05, 0) is 174 Å². The SMILES string of the molecule is Cc1cc2c3c(c1)N1c4ccccc4N4c5cc(N(c6ccccc6)c6ccccc6)cc6c5B(c5cc(-c7ccccc7)cc7c5N6c5cc(C(C)(C)C)cc(C(C)(C)C)c5N7C)c5oc(c1c54)B3c1ccc(-c3ccccc3)c3c1N2c1cc(C(C)(C)C)cc(C(C)(C)C)c1N3C. The van der Waals surface area contributed by atoms with E-state index in [1.807, 2.05) is 0 Å². The van der Waals surface area contributed by atoms with Gasteiger partial charge in [0.2, 0.25) is 0 Å². The van der Waals surface area contributed by atoms with Gasteiger partial charge in [-0.1, -0.05) is 223 Å². The number of para-hydroxylation sites is 4. The second-order valence-corrected chi connectivity index (χ2v) is 32.8. The Morgan fingerprint density at radius 3 is 1.24 bits per heavy atom. The van der Waals surface area contributed by atoms with Gasteiger partial charge in [0.15, 0.2) is 0 Å². The lowest BCUT2D eigenvalue weighted by Gasteiger charge is -2.51. The van der Waals surface area contributed by atoms with Gasteiger partial charge in [0.25, 0.3) is 13.4 Å². The molecule has 484 valence electrons. The molecule has 12 aromatic rings. The van der Waals surface area contributed by atoms with Crippen molar-refractivity contribution in [1.29, 1.82) is 0 Å². The monoisotopic (exact) mass is 1290 g/mol. The molecule has 99 heavy (non-hydrogen) atoms. The van der Waals surface area contributed by atoms with E-state index in [4.69, 9.17) is 4.42 Å². The third-order valence-electron chi connectivity index (χ3n) is 22.4. The summed E-state index contributed by atoms with van der Waals surface area (Å²) in [7, 11) is 4.65. The maximum absolute atomic E-state index is 8.50. The first kappa shape index (κ1) is 59.7. The second-order valence-electron chi connectivity index (χ2n) is 32.8. The molecule has 0 atom stereocenters. The first-order valence-corrected chi connectivity index (χ1v) is 35.4. The summed E-state index contributed by atoms with van der Waals surface area (Å²) >= 11 is 0. The van der Waals surface area contributed by atoms with E-state index in [9.17, 15) is 0 Å². The zero-order valence-electron chi connectivity index (χ0n) is 59.5. The van der Waals surface area contributed by atoms with Crippen LogP contribution in [0.5, 0.6) is 0 Å². The van der Waals surface area contributed by atoms with Gasteiger partial charge in [0.05, 0.1) is 73.9 Å². The fourth-order valence-electron chi connectivity index (χ4n) is 17.8. The van der Waals surface area contributed by atoms with Crippen LogP contribution >= 0.6 is 0 Å². The summed E-state index contributed by atoms with van der Waals surface area (Å²) in [5.41, 5.74) is 39.2. The minimum absolute atomic E-state index is 0.127. The maximum Gasteiger partial charge on any atom is 0.297 e. The van der Waals surface area contributed by atoms with E-state index in [1.54, 1.807) is 0 Å². The number of nitrogens with zero attached hydrogens (tertiary/aromatic N) is 7. The van der Waals surface area contributed by atoms with E-state index >= 15 is 0 Å². The summed E-state index contributed by atoms with van der Waals surface area (Å²) < 4.78 is 8.50. The van der Waals surface area contributed by atoms with Gasteiger partial charge in [-0.2, -0.15) is 0 Å². The van der Waals surface area contributed by atoms with Crippen LogP contribution in [0.15, 0.2) is 223 Å². The molecule has 8 heterocycles. The van der Waals surface area contributed by atoms with Crippen molar-refractivity contribution in [3.63, 3.8) is 0 Å². The number of anilines is 19. The topological polar surface area (TPSA) is 35.8 Å². The summed E-state index contributed by atoms with van der Waals surface area (Å²) in [4.78, 5) is 18.2. The molecule has 0 saturated heterocycles. The molecule has 0 aliphatic carbocycles. The van der Waals surface area contributed by atoms with Crippen molar-refractivity contribution in [2.75, 3.05) is 48.4 Å². The van der Waals surface area contributed by atoms with Gasteiger partial charge < -0.3 is 38.7 Å². The van der Waals surface area contributed by atoms with E-state index in [2.05, 4.69) is 357 Å². The third kappa shape index (κ3) is 8.29. The Labute approximate surface area is 584 Å². The summed E-state index contributed by atoms with van der Waals surface area (Å²) in [5.74, 6) is 0. The van der Waals surface area contributed by atoms with Crippen molar-refractivity contribution in [2.45, 2.75) is 112 Å². The molecule has 0 amide bonds. The molecule has 0 fully saturated rings. The summed E-state index contributed by atoms with van der Waals surface area (Å²) in [6, 6.07) is 83.1. The van der Waals surface area contributed by atoms with Crippen LogP contribution in [0.2, 0.25) is 0 Å². The zero-order valence-corrected chi connectivity index (χ0v) is 59.5. The number of hydrogen-bond donors (Lipinski definition) is 0. The van der Waals surface area contributed by atoms with Gasteiger partial charge in [-0.25, -0.2) is 0 Å². The van der Waals surface area contributed by atoms with Crippen LogP contribution in [0, 0.1) is 6.92 Å². The van der Waals surface area contributed by atoms with Gasteiger partial charge in [0, 0.05) is 53.8 Å². The molecule has 7 aliphatic heterocycles. The highest BCUT2D eigenvalue weighted by Gasteiger charge is 2.58. The molecule has 19 rings (SSSR count). The first-order valence-electron chi connectivity index (χ1n) is 35.4. The van der Waals surface area contributed by atoms with Gasteiger partial charge in [-0.15, -0.1) is 0 Å². The molecule has 8 nitrogen and oxygen atoms in total. The van der Waals surface area contributed by atoms with E-state index in [0.29, 0.717) is 0 Å². The second kappa shape index (κ2) is 20.3. The Hall–Kier alpha value is -10.6. The fourth-order valence-corrected chi connectivity index (χ4v) is 17.8. The predicted molar refractivity (Wildman–Crippen MR) is 422 cm³/mol. The Morgan fingerprint density at radius 1 is 0.313 bits per heavy atom. The highest BCUT2D eigenvalue weighted by Crippen LogP contribution is 2.64. The lowest BCUT2D eigenvalue weighted by Crippen LogP contribution is -2.62. The molecular weight excluding hydrogens is 1200 g/mol. The van der Waals surface area contributed by atoms with Crippen LogP contribution in [0.3, 0.4) is 0 Å². The molecule has 0 unspecified atom stereocenters. The van der Waals surface area contributed by atoms with Gasteiger partial charge >= 0.3 is 0 Å². The molecule has 1 aromatic heterocycles. The minimum atomic E-state index is -0.352. The molecule has 0 bridgehead atoms. The summed E-state index contributed by atoms with van der Waals surface area (Å²) in [6.07, 6.45) is 0. The molecule has 0 saturated carbocycles. The molecule has 0 spiro atoms. The van der Waals surface area contributed by atoms with Crippen molar-refractivity contribution in [3.05, 3.63) is 246 Å². The molecule has 10 heteroatoms.